The molecule has 3 N–H and O–H groups in total. The van der Waals surface area contributed by atoms with Gasteiger partial charge in [-0.05, 0) is 25.0 Å². The molecular formula is C13H17N3O3. The normalized spacial score (nSPS) is 32.5. The third-order valence-corrected chi connectivity index (χ3v) is 4.19. The van der Waals surface area contributed by atoms with E-state index in [2.05, 4.69) is 5.32 Å². The molecular weight excluding hydrogens is 246 g/mol. The molecule has 3 rings (SSSR count). The van der Waals surface area contributed by atoms with Gasteiger partial charge < -0.3 is 15.8 Å². The van der Waals surface area contributed by atoms with Crippen molar-refractivity contribution in [3.8, 4) is 0 Å². The van der Waals surface area contributed by atoms with Crippen LogP contribution in [-0.4, -0.2) is 29.7 Å². The summed E-state index contributed by atoms with van der Waals surface area (Å²) >= 11 is 0. The number of aryl methyl sites for hydroxylation is 1. The Kier molecular flexibility index (Phi) is 2.91. The summed E-state index contributed by atoms with van der Waals surface area (Å²) in [5.74, 6) is 0.454. The molecule has 2 aliphatic rings. The minimum Gasteiger partial charge on any atom is -0.378 e. The molecule has 0 amide bonds. The molecule has 19 heavy (non-hydrogen) atoms. The van der Waals surface area contributed by atoms with Gasteiger partial charge in [-0.15, -0.1) is 0 Å². The summed E-state index contributed by atoms with van der Waals surface area (Å²) in [6, 6.07) is 5.02. The molecule has 1 heterocycles. The molecule has 102 valence electrons. The van der Waals surface area contributed by atoms with Crippen molar-refractivity contribution in [2.24, 2.45) is 11.7 Å². The number of benzene rings is 1. The van der Waals surface area contributed by atoms with E-state index >= 15 is 0 Å². The maximum atomic E-state index is 10.7. The molecule has 1 saturated carbocycles. The standard InChI is InChI=1S/C13H17N3O3/c1-7-6-8(16(17)18)2-3-10(7)15-12-11(14)9-4-5-19-13(9)12/h2-3,6,9,11-13,15H,4-5,14H2,1H3. The van der Waals surface area contributed by atoms with Gasteiger partial charge in [0.1, 0.15) is 0 Å². The quantitative estimate of drug-likeness (QED) is 0.636. The zero-order chi connectivity index (χ0) is 13.6. The van der Waals surface area contributed by atoms with Gasteiger partial charge in [0.2, 0.25) is 0 Å². The van der Waals surface area contributed by atoms with Crippen LogP contribution < -0.4 is 11.1 Å². The van der Waals surface area contributed by atoms with Gasteiger partial charge in [-0.25, -0.2) is 0 Å². The predicted molar refractivity (Wildman–Crippen MR) is 71.1 cm³/mol. The average molecular weight is 263 g/mol. The number of nitrogens with two attached hydrogens (primary N) is 1. The number of nitrogens with zero attached hydrogens (tertiary/aromatic N) is 1. The number of hydrogen-bond donors (Lipinski definition) is 2. The fraction of sp³-hybridized carbons (Fsp3) is 0.538. The van der Waals surface area contributed by atoms with Crippen LogP contribution >= 0.6 is 0 Å². The molecule has 6 heteroatoms. The van der Waals surface area contributed by atoms with Crippen LogP contribution in [0, 0.1) is 23.0 Å². The van der Waals surface area contributed by atoms with Gasteiger partial charge in [0, 0.05) is 36.4 Å². The highest BCUT2D eigenvalue weighted by Gasteiger charge is 2.52. The second kappa shape index (κ2) is 4.47. The first-order valence-corrected chi connectivity index (χ1v) is 6.46. The van der Waals surface area contributed by atoms with Crippen LogP contribution in [0.15, 0.2) is 18.2 Å². The Labute approximate surface area is 111 Å². The molecule has 1 saturated heterocycles. The van der Waals surface area contributed by atoms with Gasteiger partial charge in [-0.2, -0.15) is 0 Å². The monoisotopic (exact) mass is 263 g/mol. The smallest absolute Gasteiger partial charge is 0.269 e. The maximum Gasteiger partial charge on any atom is 0.269 e. The highest BCUT2D eigenvalue weighted by atomic mass is 16.6. The molecule has 2 fully saturated rings. The van der Waals surface area contributed by atoms with E-state index in [-0.39, 0.29) is 28.8 Å². The number of ether oxygens (including phenoxy) is 1. The van der Waals surface area contributed by atoms with Crippen LogP contribution in [0.1, 0.15) is 12.0 Å². The fourth-order valence-corrected chi connectivity index (χ4v) is 3.03. The van der Waals surface area contributed by atoms with E-state index in [1.807, 2.05) is 6.92 Å². The lowest BCUT2D eigenvalue weighted by Gasteiger charge is -2.46. The van der Waals surface area contributed by atoms with Crippen LogP contribution in [0.2, 0.25) is 0 Å². The Balaban J connectivity index is 1.75. The van der Waals surface area contributed by atoms with Crippen molar-refractivity contribution >= 4 is 11.4 Å². The molecule has 0 radical (unpaired) electrons. The van der Waals surface area contributed by atoms with E-state index in [1.165, 1.54) is 6.07 Å². The molecule has 6 nitrogen and oxygen atoms in total. The minimum absolute atomic E-state index is 0.0992. The number of non-ortho nitro benzene ring substituents is 1. The molecule has 1 aliphatic carbocycles. The Morgan fingerprint density at radius 2 is 2.32 bits per heavy atom. The van der Waals surface area contributed by atoms with Gasteiger partial charge >= 0.3 is 0 Å². The molecule has 1 aromatic carbocycles. The predicted octanol–water partition coefficient (Wildman–Crippen LogP) is 1.43. The number of nitro benzene ring substituents is 1. The third-order valence-electron chi connectivity index (χ3n) is 4.19. The van der Waals surface area contributed by atoms with Gasteiger partial charge in [0.05, 0.1) is 17.1 Å². The Morgan fingerprint density at radius 1 is 1.53 bits per heavy atom. The van der Waals surface area contributed by atoms with Gasteiger partial charge in [-0.1, -0.05) is 0 Å². The summed E-state index contributed by atoms with van der Waals surface area (Å²) in [4.78, 5) is 10.3. The van der Waals surface area contributed by atoms with Gasteiger partial charge in [-0.3, -0.25) is 10.1 Å². The van der Waals surface area contributed by atoms with E-state index in [4.69, 9.17) is 10.5 Å². The van der Waals surface area contributed by atoms with Crippen molar-refractivity contribution < 1.29 is 9.66 Å². The Morgan fingerprint density at radius 3 is 3.00 bits per heavy atom. The summed E-state index contributed by atoms with van der Waals surface area (Å²) < 4.78 is 5.66. The van der Waals surface area contributed by atoms with E-state index in [0.29, 0.717) is 5.92 Å². The Bertz CT molecular complexity index is 520. The van der Waals surface area contributed by atoms with Crippen LogP contribution in [-0.2, 0) is 4.74 Å². The molecule has 4 atom stereocenters. The molecule has 1 aliphatic heterocycles. The number of hydrogen-bond acceptors (Lipinski definition) is 5. The zero-order valence-corrected chi connectivity index (χ0v) is 10.7. The lowest BCUT2D eigenvalue weighted by molar-refractivity contribution is -0.384. The van der Waals surface area contributed by atoms with Crippen LogP contribution in [0.5, 0.6) is 0 Å². The van der Waals surface area contributed by atoms with Crippen molar-refractivity contribution in [2.45, 2.75) is 31.5 Å². The Hall–Kier alpha value is -1.66. The second-order valence-electron chi connectivity index (χ2n) is 5.29. The van der Waals surface area contributed by atoms with E-state index in [1.54, 1.807) is 12.1 Å². The van der Waals surface area contributed by atoms with Crippen molar-refractivity contribution in [1.82, 2.24) is 0 Å². The highest BCUT2D eigenvalue weighted by Crippen LogP contribution is 2.39. The van der Waals surface area contributed by atoms with Gasteiger partial charge in [0.15, 0.2) is 0 Å². The van der Waals surface area contributed by atoms with Crippen LogP contribution in [0.25, 0.3) is 0 Å². The second-order valence-corrected chi connectivity index (χ2v) is 5.29. The highest BCUT2D eigenvalue weighted by molar-refractivity contribution is 5.56. The van der Waals surface area contributed by atoms with Crippen molar-refractivity contribution in [3.63, 3.8) is 0 Å². The van der Waals surface area contributed by atoms with E-state index in [9.17, 15) is 10.1 Å². The number of rotatable bonds is 3. The molecule has 4 unspecified atom stereocenters. The third kappa shape index (κ3) is 1.97. The summed E-state index contributed by atoms with van der Waals surface area (Å²) in [6.45, 7) is 2.63. The largest absolute Gasteiger partial charge is 0.378 e. The lowest BCUT2D eigenvalue weighted by atomic mass is 9.72. The average Bonchev–Trinajstić information content (AvgIpc) is 2.81. The van der Waals surface area contributed by atoms with Gasteiger partial charge in [0.25, 0.3) is 5.69 Å². The fourth-order valence-electron chi connectivity index (χ4n) is 3.03. The van der Waals surface area contributed by atoms with Crippen LogP contribution in [0.3, 0.4) is 0 Å². The van der Waals surface area contributed by atoms with Crippen molar-refractivity contribution in [2.75, 3.05) is 11.9 Å². The first-order valence-electron chi connectivity index (χ1n) is 6.46. The maximum absolute atomic E-state index is 10.7. The van der Waals surface area contributed by atoms with E-state index < -0.39 is 0 Å². The number of nitro groups is 1. The van der Waals surface area contributed by atoms with Crippen molar-refractivity contribution in [3.05, 3.63) is 33.9 Å². The minimum atomic E-state index is -0.387. The SMILES string of the molecule is Cc1cc([N+](=O)[O-])ccc1NC1C(N)C2CCOC21. The number of anilines is 1. The van der Waals surface area contributed by atoms with Crippen LogP contribution in [0.4, 0.5) is 11.4 Å². The topological polar surface area (TPSA) is 90.4 Å². The molecule has 0 aromatic heterocycles. The van der Waals surface area contributed by atoms with E-state index in [0.717, 1.165) is 24.3 Å². The first-order chi connectivity index (χ1) is 9.08. The molecule has 0 spiro atoms. The summed E-state index contributed by atoms with van der Waals surface area (Å²) in [7, 11) is 0. The summed E-state index contributed by atoms with van der Waals surface area (Å²) in [5, 5.41) is 14.1. The summed E-state index contributed by atoms with van der Waals surface area (Å²) in [5.41, 5.74) is 7.98. The number of fused-ring (bicyclic) bond motifs is 1. The summed E-state index contributed by atoms with van der Waals surface area (Å²) in [6.07, 6.45) is 1.22. The molecule has 0 bridgehead atoms. The van der Waals surface area contributed by atoms with Crippen molar-refractivity contribution in [1.29, 1.82) is 0 Å². The lowest BCUT2D eigenvalue weighted by Crippen LogP contribution is -2.65. The number of nitrogens with one attached hydrogen (secondary N) is 1. The first kappa shape index (κ1) is 12.4. The molecule has 1 aromatic rings. The zero-order valence-electron chi connectivity index (χ0n) is 10.7.